The summed E-state index contributed by atoms with van der Waals surface area (Å²) in [7, 11) is 0. The Kier molecular flexibility index (Phi) is 13.0. The molecule has 0 atom stereocenters. The Morgan fingerprint density at radius 2 is 1.47 bits per heavy atom. The minimum atomic E-state index is -0.0819. The molecule has 0 unspecified atom stereocenters. The van der Waals surface area contributed by atoms with Gasteiger partial charge in [-0.2, -0.15) is 0 Å². The van der Waals surface area contributed by atoms with E-state index in [1.54, 1.807) is 24.3 Å². The molecule has 3 rings (SSSR count). The van der Waals surface area contributed by atoms with E-state index >= 15 is 0 Å². The molecule has 1 amide bonds. The Morgan fingerprint density at radius 3 is 1.97 bits per heavy atom. The molecule has 3 aromatic rings. The second-order valence-electron chi connectivity index (χ2n) is 9.21. The topological polar surface area (TPSA) is 68.7 Å². The van der Waals surface area contributed by atoms with E-state index in [-0.39, 0.29) is 24.7 Å². The van der Waals surface area contributed by atoms with Crippen molar-refractivity contribution in [3.05, 3.63) is 90.6 Å². The van der Waals surface area contributed by atoms with Crippen LogP contribution in [-0.4, -0.2) is 33.7 Å². The van der Waals surface area contributed by atoms with E-state index in [9.17, 15) is 9.59 Å². The molecule has 6 heteroatoms. The lowest BCUT2D eigenvalue weighted by Gasteiger charge is -2.37. The molecular weight excluding hydrogens is 476 g/mol. The van der Waals surface area contributed by atoms with Crippen molar-refractivity contribution in [2.45, 2.75) is 67.3 Å². The van der Waals surface area contributed by atoms with Gasteiger partial charge in [0.05, 0.1) is 5.56 Å². The first-order chi connectivity index (χ1) is 17.6. The van der Waals surface area contributed by atoms with Crippen LogP contribution in [-0.2, 0) is 4.79 Å². The van der Waals surface area contributed by atoms with Crippen LogP contribution >= 0.6 is 0 Å². The number of amides is 1. The maximum Gasteiger partial charge on any atom is 0.246 e. The summed E-state index contributed by atoms with van der Waals surface area (Å²) in [6.07, 6.45) is 3.35. The summed E-state index contributed by atoms with van der Waals surface area (Å²) in [6, 6.07) is 20.3. The van der Waals surface area contributed by atoms with E-state index in [0.29, 0.717) is 22.9 Å². The van der Waals surface area contributed by atoms with E-state index in [4.69, 9.17) is 9.47 Å². The first-order valence-electron chi connectivity index (χ1n) is 12.5. The van der Waals surface area contributed by atoms with Crippen LogP contribution < -0.4 is 9.47 Å². The van der Waals surface area contributed by atoms with Crippen LogP contribution in [0.5, 0.6) is 23.1 Å². The second-order valence-corrected chi connectivity index (χ2v) is 9.21. The van der Waals surface area contributed by atoms with Crippen LogP contribution in [0.4, 0.5) is 0 Å². The first kappa shape index (κ1) is 32.1. The van der Waals surface area contributed by atoms with Gasteiger partial charge in [-0.25, -0.2) is 4.98 Å². The summed E-state index contributed by atoms with van der Waals surface area (Å²) >= 11 is 0. The molecule has 38 heavy (non-hydrogen) atoms. The molecule has 204 valence electrons. The Balaban J connectivity index is 0.000000444. The number of Topliss-reactive ketones (excluding diaryl/α,β-unsaturated/α-hetero) is 1. The van der Waals surface area contributed by atoms with Gasteiger partial charge in [0.25, 0.3) is 0 Å². The predicted molar refractivity (Wildman–Crippen MR) is 155 cm³/mol. The number of benzene rings is 2. The molecule has 6 nitrogen and oxygen atoms in total. The molecule has 0 aliphatic heterocycles. The highest BCUT2D eigenvalue weighted by Gasteiger charge is 2.26. The largest absolute Gasteiger partial charge is 0.457 e. The highest BCUT2D eigenvalue weighted by Crippen LogP contribution is 2.28. The minimum absolute atomic E-state index is 0. The average Bonchev–Trinajstić information content (AvgIpc) is 2.89. The summed E-state index contributed by atoms with van der Waals surface area (Å²) in [6.45, 7) is 16.0. The van der Waals surface area contributed by atoms with Gasteiger partial charge in [0.1, 0.15) is 17.2 Å². The number of pyridine rings is 1. The van der Waals surface area contributed by atoms with Crippen LogP contribution in [0.1, 0.15) is 70.9 Å². The maximum absolute atomic E-state index is 11.7. The summed E-state index contributed by atoms with van der Waals surface area (Å²) in [5, 5.41) is 0. The van der Waals surface area contributed by atoms with E-state index in [1.807, 2.05) is 54.3 Å². The van der Waals surface area contributed by atoms with Crippen molar-refractivity contribution >= 4 is 11.7 Å². The van der Waals surface area contributed by atoms with Gasteiger partial charge in [-0.3, -0.25) is 9.59 Å². The van der Waals surface area contributed by atoms with Gasteiger partial charge in [0.15, 0.2) is 5.78 Å². The van der Waals surface area contributed by atoms with Crippen LogP contribution in [0.25, 0.3) is 0 Å². The van der Waals surface area contributed by atoms with Crippen molar-refractivity contribution in [1.29, 1.82) is 0 Å². The number of nitrogens with zero attached hydrogens (tertiary/aromatic N) is 2. The SMILES string of the molecule is C.C=CC(=O)N(CCC)C(C)(C)CC.CC(=O)c1ccc(C)nc1Oc1ccc(Oc2ccccc2)cc1. The normalized spacial score (nSPS) is 10.3. The van der Waals surface area contributed by atoms with Gasteiger partial charge in [-0.05, 0) is 95.1 Å². The Hall–Kier alpha value is -3.93. The van der Waals surface area contributed by atoms with Crippen molar-refractivity contribution in [2.75, 3.05) is 6.54 Å². The number of carbonyl (C=O) groups excluding carboxylic acids is 2. The monoisotopic (exact) mass is 518 g/mol. The predicted octanol–water partition coefficient (Wildman–Crippen LogP) is 8.41. The van der Waals surface area contributed by atoms with E-state index < -0.39 is 0 Å². The quantitative estimate of drug-likeness (QED) is 0.199. The first-order valence-corrected chi connectivity index (χ1v) is 12.5. The summed E-state index contributed by atoms with van der Waals surface area (Å²) < 4.78 is 11.5. The molecular formula is C32H42N2O4. The molecule has 1 aromatic heterocycles. The molecule has 0 saturated heterocycles. The van der Waals surface area contributed by atoms with Crippen molar-refractivity contribution in [3.8, 4) is 23.1 Å². The maximum atomic E-state index is 11.7. The molecule has 1 heterocycles. The van der Waals surface area contributed by atoms with Crippen molar-refractivity contribution in [3.63, 3.8) is 0 Å². The van der Waals surface area contributed by atoms with Crippen molar-refractivity contribution in [2.24, 2.45) is 0 Å². The number of para-hydroxylation sites is 1. The molecule has 0 N–H and O–H groups in total. The van der Waals surface area contributed by atoms with Crippen LogP contribution in [0, 0.1) is 6.92 Å². The molecule has 0 aliphatic rings. The highest BCUT2D eigenvalue weighted by molar-refractivity contribution is 5.96. The van der Waals surface area contributed by atoms with E-state index in [1.165, 1.54) is 13.0 Å². The third kappa shape index (κ3) is 9.51. The number of rotatable bonds is 10. The fourth-order valence-corrected chi connectivity index (χ4v) is 3.43. The zero-order valence-corrected chi connectivity index (χ0v) is 22.8. The number of aryl methyl sites for hydroxylation is 1. The Labute approximate surface area is 228 Å². The number of ketones is 1. The number of hydrogen-bond acceptors (Lipinski definition) is 5. The van der Waals surface area contributed by atoms with Crippen molar-refractivity contribution in [1.82, 2.24) is 9.88 Å². The number of aromatic nitrogens is 1. The van der Waals surface area contributed by atoms with Gasteiger partial charge in [0, 0.05) is 17.8 Å². The molecule has 2 aromatic carbocycles. The molecule has 0 bridgehead atoms. The molecule has 0 aliphatic carbocycles. The lowest BCUT2D eigenvalue weighted by atomic mass is 9.99. The van der Waals surface area contributed by atoms with E-state index in [0.717, 1.165) is 30.8 Å². The van der Waals surface area contributed by atoms with Gasteiger partial charge in [0.2, 0.25) is 11.8 Å². The van der Waals surface area contributed by atoms with Crippen LogP contribution in [0.15, 0.2) is 79.4 Å². The fourth-order valence-electron chi connectivity index (χ4n) is 3.43. The van der Waals surface area contributed by atoms with Gasteiger partial charge < -0.3 is 14.4 Å². The van der Waals surface area contributed by atoms with Crippen molar-refractivity contribution < 1.29 is 19.1 Å². The summed E-state index contributed by atoms with van der Waals surface area (Å²) in [5.74, 6) is 2.34. The van der Waals surface area contributed by atoms with Crippen LogP contribution in [0.2, 0.25) is 0 Å². The molecule has 0 radical (unpaired) electrons. The Morgan fingerprint density at radius 1 is 0.921 bits per heavy atom. The second kappa shape index (κ2) is 15.4. The van der Waals surface area contributed by atoms with Crippen LogP contribution in [0.3, 0.4) is 0 Å². The smallest absolute Gasteiger partial charge is 0.246 e. The fraction of sp³-hybridized carbons (Fsp3) is 0.344. The van der Waals surface area contributed by atoms with Gasteiger partial charge in [-0.1, -0.05) is 46.1 Å². The molecule has 0 spiro atoms. The number of carbonyl (C=O) groups is 2. The third-order valence-electron chi connectivity index (χ3n) is 5.88. The highest BCUT2D eigenvalue weighted by atomic mass is 16.5. The molecule has 0 saturated carbocycles. The Bertz CT molecular complexity index is 1170. The minimum Gasteiger partial charge on any atom is -0.457 e. The zero-order valence-electron chi connectivity index (χ0n) is 22.8. The molecule has 0 fully saturated rings. The van der Waals surface area contributed by atoms with E-state index in [2.05, 4.69) is 39.3 Å². The lowest BCUT2D eigenvalue weighted by Crippen LogP contribution is -2.47. The standard InChI is InChI=1S/C20H17NO3.C11H21NO.CH4/c1-14-8-13-19(15(2)22)20(21-14)24-18-11-9-17(10-12-18)23-16-6-4-3-5-7-16;1-6-9-12(10(13)7-2)11(4,5)8-3;/h3-13H,1-2H3;7H,2,6,8-9H2,1,3-5H3;1H4. The number of hydrogen-bond donors (Lipinski definition) is 0. The summed E-state index contributed by atoms with van der Waals surface area (Å²) in [4.78, 5) is 29.4. The zero-order chi connectivity index (χ0) is 27.4. The average molecular weight is 519 g/mol. The van der Waals surface area contributed by atoms with Gasteiger partial charge >= 0.3 is 0 Å². The number of ether oxygens (including phenoxy) is 2. The van der Waals surface area contributed by atoms with Gasteiger partial charge in [-0.15, -0.1) is 0 Å². The third-order valence-corrected chi connectivity index (χ3v) is 5.88. The lowest BCUT2D eigenvalue weighted by molar-refractivity contribution is -0.131. The summed E-state index contributed by atoms with van der Waals surface area (Å²) in [5.41, 5.74) is 1.20.